The van der Waals surface area contributed by atoms with E-state index in [0.717, 1.165) is 6.07 Å². The number of carbonyl (C=O) groups is 2. The van der Waals surface area contributed by atoms with Crippen molar-refractivity contribution in [3.05, 3.63) is 94.2 Å². The van der Waals surface area contributed by atoms with Crippen molar-refractivity contribution in [3.8, 4) is 16.6 Å². The van der Waals surface area contributed by atoms with E-state index in [0.29, 0.717) is 9.88 Å². The van der Waals surface area contributed by atoms with Gasteiger partial charge in [-0.05, 0) is 48.5 Å². The van der Waals surface area contributed by atoms with Crippen LogP contribution in [0.2, 0.25) is 0 Å². The molecule has 0 aliphatic carbocycles. The fraction of sp³-hybridized carbons (Fsp3) is 0.0400. The van der Waals surface area contributed by atoms with Crippen molar-refractivity contribution in [1.29, 1.82) is 5.26 Å². The molecular formula is C25H15FN4O4S2. The van der Waals surface area contributed by atoms with Crippen LogP contribution in [0, 0.1) is 17.1 Å². The van der Waals surface area contributed by atoms with Crippen molar-refractivity contribution in [3.63, 3.8) is 0 Å². The molecule has 2 heterocycles. The Morgan fingerprint density at radius 2 is 1.89 bits per heavy atom. The number of halogens is 1. The highest BCUT2D eigenvalue weighted by atomic mass is 32.2. The quantitative estimate of drug-likeness (QED) is 0.418. The molecular weight excluding hydrogens is 503 g/mol. The molecule has 2 amide bonds. The van der Waals surface area contributed by atoms with E-state index in [4.69, 9.17) is 5.26 Å². The molecule has 5 rings (SSSR count). The highest BCUT2D eigenvalue weighted by molar-refractivity contribution is 7.91. The van der Waals surface area contributed by atoms with Gasteiger partial charge in [-0.15, -0.1) is 11.3 Å². The number of anilines is 1. The Kier molecular flexibility index (Phi) is 5.83. The second kappa shape index (κ2) is 8.99. The lowest BCUT2D eigenvalue weighted by molar-refractivity contribution is 0.0949. The second-order valence-electron chi connectivity index (χ2n) is 7.79. The van der Waals surface area contributed by atoms with Crippen LogP contribution in [0.4, 0.5) is 10.1 Å². The first-order valence-corrected chi connectivity index (χ1v) is 12.8. The molecule has 1 aliphatic rings. The summed E-state index contributed by atoms with van der Waals surface area (Å²) in [5.74, 6) is -1.65. The smallest absolute Gasteiger partial charge is 0.257 e. The Balaban J connectivity index is 1.35. The van der Waals surface area contributed by atoms with E-state index >= 15 is 0 Å². The molecule has 0 radical (unpaired) electrons. The van der Waals surface area contributed by atoms with Gasteiger partial charge in [0.15, 0.2) is 0 Å². The number of amides is 2. The third kappa shape index (κ3) is 4.13. The Bertz CT molecular complexity index is 1710. The number of rotatable bonds is 4. The van der Waals surface area contributed by atoms with Gasteiger partial charge < -0.3 is 10.6 Å². The average Bonchev–Trinajstić information content (AvgIpc) is 3.32. The summed E-state index contributed by atoms with van der Waals surface area (Å²) in [4.78, 5) is 30.0. The van der Waals surface area contributed by atoms with Gasteiger partial charge in [-0.3, -0.25) is 9.59 Å². The lowest BCUT2D eigenvalue weighted by Crippen LogP contribution is -2.22. The maximum absolute atomic E-state index is 14.3. The largest absolute Gasteiger partial charge is 0.347 e. The molecule has 0 unspecified atom stereocenters. The first-order chi connectivity index (χ1) is 17.3. The highest BCUT2D eigenvalue weighted by Crippen LogP contribution is 2.34. The van der Waals surface area contributed by atoms with Gasteiger partial charge in [0.25, 0.3) is 11.8 Å². The number of hydrogen-bond acceptors (Lipinski definition) is 7. The Hall–Kier alpha value is -4.40. The molecule has 4 aromatic rings. The number of benzene rings is 3. The summed E-state index contributed by atoms with van der Waals surface area (Å²) in [6, 6.07) is 15.9. The number of hydrogen-bond donors (Lipinski definition) is 2. The topological polar surface area (TPSA) is 129 Å². The number of thiazole rings is 1. The van der Waals surface area contributed by atoms with E-state index in [2.05, 4.69) is 15.6 Å². The van der Waals surface area contributed by atoms with E-state index in [1.807, 2.05) is 6.07 Å². The molecule has 1 aromatic heterocycles. The van der Waals surface area contributed by atoms with Crippen LogP contribution in [0.15, 0.2) is 76.7 Å². The number of nitriles is 1. The molecule has 0 fully saturated rings. The van der Waals surface area contributed by atoms with Gasteiger partial charge in [-0.1, -0.05) is 12.1 Å². The number of fused-ring (bicyclic) bond motifs is 2. The van der Waals surface area contributed by atoms with Gasteiger partial charge in [-0.25, -0.2) is 17.8 Å². The van der Waals surface area contributed by atoms with E-state index in [1.165, 1.54) is 66.1 Å². The molecule has 8 nitrogen and oxygen atoms in total. The van der Waals surface area contributed by atoms with Crippen molar-refractivity contribution < 1.29 is 22.4 Å². The van der Waals surface area contributed by atoms with Crippen molar-refractivity contribution >= 4 is 38.7 Å². The number of sulfone groups is 1. The maximum atomic E-state index is 14.3. The average molecular weight is 519 g/mol. The van der Waals surface area contributed by atoms with E-state index in [-0.39, 0.29) is 44.3 Å². The molecule has 36 heavy (non-hydrogen) atoms. The van der Waals surface area contributed by atoms with E-state index < -0.39 is 27.5 Å². The van der Waals surface area contributed by atoms with Crippen molar-refractivity contribution in [2.24, 2.45) is 0 Å². The minimum absolute atomic E-state index is 0.0141. The monoisotopic (exact) mass is 518 g/mol. The number of aromatic nitrogens is 1. The first-order valence-electron chi connectivity index (χ1n) is 10.5. The normalized spacial score (nSPS) is 13.5. The lowest BCUT2D eigenvalue weighted by atomic mass is 10.1. The summed E-state index contributed by atoms with van der Waals surface area (Å²) in [5, 5.41) is 14.6. The van der Waals surface area contributed by atoms with Gasteiger partial charge >= 0.3 is 0 Å². The molecule has 1 aliphatic heterocycles. The van der Waals surface area contributed by atoms with Gasteiger partial charge in [0.05, 0.1) is 39.2 Å². The molecule has 178 valence electrons. The first kappa shape index (κ1) is 23.3. The zero-order valence-corrected chi connectivity index (χ0v) is 19.9. The Labute approximate surface area is 209 Å². The fourth-order valence-corrected chi connectivity index (χ4v) is 6.21. The highest BCUT2D eigenvalue weighted by Gasteiger charge is 2.31. The van der Waals surface area contributed by atoms with Crippen molar-refractivity contribution in [2.45, 2.75) is 16.3 Å². The summed E-state index contributed by atoms with van der Waals surface area (Å²) < 4.78 is 40.5. The summed E-state index contributed by atoms with van der Waals surface area (Å²) >= 11 is 1.18. The zero-order valence-electron chi connectivity index (χ0n) is 18.3. The number of nitrogens with one attached hydrogen (secondary N) is 2. The molecule has 0 saturated heterocycles. The Morgan fingerprint density at radius 3 is 2.67 bits per heavy atom. The molecule has 11 heteroatoms. The van der Waals surface area contributed by atoms with Crippen LogP contribution < -0.4 is 10.6 Å². The molecule has 0 atom stereocenters. The van der Waals surface area contributed by atoms with Crippen LogP contribution in [0.3, 0.4) is 0 Å². The summed E-state index contributed by atoms with van der Waals surface area (Å²) in [6.07, 6.45) is 1.51. The predicted octanol–water partition coefficient (Wildman–Crippen LogP) is 4.15. The van der Waals surface area contributed by atoms with Crippen LogP contribution in [0.1, 0.15) is 31.2 Å². The fourth-order valence-electron chi connectivity index (χ4n) is 3.74. The minimum atomic E-state index is -3.97. The van der Waals surface area contributed by atoms with Crippen molar-refractivity contribution in [1.82, 2.24) is 10.3 Å². The molecule has 0 bridgehead atoms. The second-order valence-corrected chi connectivity index (χ2v) is 10.8. The van der Waals surface area contributed by atoms with Crippen LogP contribution in [0.5, 0.6) is 0 Å². The van der Waals surface area contributed by atoms with Crippen LogP contribution in [0.25, 0.3) is 10.6 Å². The van der Waals surface area contributed by atoms with E-state index in [9.17, 15) is 22.4 Å². The van der Waals surface area contributed by atoms with Gasteiger partial charge in [0, 0.05) is 22.2 Å². The van der Waals surface area contributed by atoms with Crippen LogP contribution in [-0.2, 0) is 16.4 Å². The number of nitrogens with zero attached hydrogens (tertiary/aromatic N) is 2. The minimum Gasteiger partial charge on any atom is -0.347 e. The van der Waals surface area contributed by atoms with Crippen molar-refractivity contribution in [2.75, 3.05) is 5.32 Å². The summed E-state index contributed by atoms with van der Waals surface area (Å²) in [7, 11) is -3.97. The predicted molar refractivity (Wildman–Crippen MR) is 130 cm³/mol. The van der Waals surface area contributed by atoms with Gasteiger partial charge in [-0.2, -0.15) is 5.26 Å². The van der Waals surface area contributed by atoms with Gasteiger partial charge in [0.2, 0.25) is 9.84 Å². The summed E-state index contributed by atoms with van der Waals surface area (Å²) in [6.45, 7) is 0.0988. The third-order valence-electron chi connectivity index (χ3n) is 5.51. The standard InChI is InChI=1S/C25H15FN4O4S2/c26-19-9-14(11-27)5-7-17(19)25-29-13-16(35-25)12-28-23(31)15-6-8-22-20(10-15)30-24(32)18-3-1-2-4-21(18)36(22,33)34/h1-10,13H,12H2,(H,28,31)(H,30,32). The molecule has 0 saturated carbocycles. The molecule has 3 aromatic carbocycles. The maximum Gasteiger partial charge on any atom is 0.257 e. The van der Waals surface area contributed by atoms with E-state index in [1.54, 1.807) is 6.07 Å². The van der Waals surface area contributed by atoms with Crippen LogP contribution >= 0.6 is 11.3 Å². The van der Waals surface area contributed by atoms with Crippen LogP contribution in [-0.4, -0.2) is 25.2 Å². The van der Waals surface area contributed by atoms with Gasteiger partial charge in [0.1, 0.15) is 10.8 Å². The number of carbonyl (C=O) groups excluding carboxylic acids is 2. The third-order valence-corrected chi connectivity index (χ3v) is 8.41. The Morgan fingerprint density at radius 1 is 1.08 bits per heavy atom. The molecule has 2 N–H and O–H groups in total. The SMILES string of the molecule is N#Cc1ccc(-c2ncc(CNC(=O)c3ccc4c(c3)NC(=O)c3ccccc3S4(=O)=O)s2)c(F)c1. The summed E-state index contributed by atoms with van der Waals surface area (Å²) in [5.41, 5.74) is 0.645. The zero-order chi connectivity index (χ0) is 25.4. The molecule has 0 spiro atoms. The lowest BCUT2D eigenvalue weighted by Gasteiger charge is -2.10.